The van der Waals surface area contributed by atoms with Crippen molar-refractivity contribution in [1.29, 1.82) is 0 Å². The number of hydrogen-bond acceptors (Lipinski definition) is 7. The maximum Gasteiger partial charge on any atom is 0.227 e. The molecule has 3 aromatic rings. The largest absolute Gasteiger partial charge is 0.339 e. The van der Waals surface area contributed by atoms with Crippen LogP contribution in [0.5, 0.6) is 0 Å². The second-order valence-corrected chi connectivity index (χ2v) is 7.69. The molecule has 2 N–H and O–H groups in total. The number of nitrogens with zero attached hydrogens (tertiary/aromatic N) is 6. The topological polar surface area (TPSA) is 83.8 Å². The Morgan fingerprint density at radius 3 is 2.96 bits per heavy atom. The predicted molar refractivity (Wildman–Crippen MR) is 105 cm³/mol. The van der Waals surface area contributed by atoms with E-state index < -0.39 is 0 Å². The van der Waals surface area contributed by atoms with E-state index in [0.717, 1.165) is 48.3 Å². The fourth-order valence-electron chi connectivity index (χ4n) is 4.12. The molecule has 0 bridgehead atoms. The summed E-state index contributed by atoms with van der Waals surface area (Å²) in [7, 11) is 0. The second kappa shape index (κ2) is 6.45. The zero-order valence-electron chi connectivity index (χ0n) is 15.6. The second-order valence-electron chi connectivity index (χ2n) is 7.69. The van der Waals surface area contributed by atoms with Gasteiger partial charge >= 0.3 is 0 Å². The van der Waals surface area contributed by atoms with Gasteiger partial charge in [-0.1, -0.05) is 0 Å². The Bertz CT molecular complexity index is 953. The molecule has 5 heterocycles. The number of aromatic nitrogens is 5. The summed E-state index contributed by atoms with van der Waals surface area (Å²) in [5.41, 5.74) is 1.96. The first kappa shape index (κ1) is 16.4. The van der Waals surface area contributed by atoms with E-state index in [9.17, 15) is 0 Å². The number of rotatable bonds is 4. The molecular formula is C19H24N8. The third kappa shape index (κ3) is 2.99. The van der Waals surface area contributed by atoms with Gasteiger partial charge in [-0.15, -0.1) is 0 Å². The van der Waals surface area contributed by atoms with Crippen LogP contribution in [0.2, 0.25) is 0 Å². The van der Waals surface area contributed by atoms with Gasteiger partial charge in [-0.05, 0) is 38.8 Å². The van der Waals surface area contributed by atoms with Gasteiger partial charge in [0.2, 0.25) is 5.95 Å². The van der Waals surface area contributed by atoms with E-state index in [1.165, 1.54) is 6.42 Å². The van der Waals surface area contributed by atoms with Crippen molar-refractivity contribution in [3.63, 3.8) is 0 Å². The summed E-state index contributed by atoms with van der Waals surface area (Å²) in [6.45, 7) is 7.43. The molecule has 3 aromatic heterocycles. The zero-order valence-corrected chi connectivity index (χ0v) is 15.6. The van der Waals surface area contributed by atoms with Gasteiger partial charge < -0.3 is 20.1 Å². The van der Waals surface area contributed by atoms with Crippen LogP contribution in [-0.2, 0) is 0 Å². The minimum absolute atomic E-state index is 0.346. The van der Waals surface area contributed by atoms with Crippen LogP contribution in [-0.4, -0.2) is 50.2 Å². The lowest BCUT2D eigenvalue weighted by molar-refractivity contribution is 0.556. The lowest BCUT2D eigenvalue weighted by atomic mass is 10.1. The molecule has 5 rings (SSSR count). The van der Waals surface area contributed by atoms with Gasteiger partial charge in [0.1, 0.15) is 17.2 Å². The third-order valence-corrected chi connectivity index (χ3v) is 5.56. The summed E-state index contributed by atoms with van der Waals surface area (Å²) in [5, 5.41) is 6.89. The average Bonchev–Trinajstić information content (AvgIpc) is 3.36. The van der Waals surface area contributed by atoms with E-state index in [1.807, 2.05) is 24.7 Å². The van der Waals surface area contributed by atoms with E-state index in [0.29, 0.717) is 18.0 Å². The van der Waals surface area contributed by atoms with Crippen LogP contribution in [0.4, 0.5) is 17.6 Å². The van der Waals surface area contributed by atoms with Crippen molar-refractivity contribution in [2.24, 2.45) is 5.92 Å². The van der Waals surface area contributed by atoms with Crippen LogP contribution in [0, 0.1) is 5.92 Å². The third-order valence-electron chi connectivity index (χ3n) is 5.56. The summed E-state index contributed by atoms with van der Waals surface area (Å²) in [6, 6.07) is 4.82. The fourth-order valence-corrected chi connectivity index (χ4v) is 4.12. The molecule has 2 aliphatic rings. The van der Waals surface area contributed by atoms with Crippen LogP contribution in [0.3, 0.4) is 0 Å². The van der Waals surface area contributed by atoms with Crippen molar-refractivity contribution >= 4 is 28.6 Å². The van der Waals surface area contributed by atoms with Crippen molar-refractivity contribution in [3.8, 4) is 0 Å². The van der Waals surface area contributed by atoms with Crippen LogP contribution in [0.25, 0.3) is 11.0 Å². The van der Waals surface area contributed by atoms with E-state index in [2.05, 4.69) is 48.9 Å². The van der Waals surface area contributed by atoms with Gasteiger partial charge in [0.05, 0.1) is 18.0 Å². The zero-order chi connectivity index (χ0) is 18.4. The summed E-state index contributed by atoms with van der Waals surface area (Å²) in [4.78, 5) is 20.4. The molecule has 0 aromatic carbocycles. The van der Waals surface area contributed by atoms with Gasteiger partial charge in [0, 0.05) is 37.4 Å². The highest BCUT2D eigenvalue weighted by Gasteiger charge is 2.36. The maximum atomic E-state index is 4.72. The number of imidazole rings is 1. The number of nitrogens with one attached hydrogen (secondary N) is 2. The molecular weight excluding hydrogens is 340 g/mol. The molecule has 0 saturated carbocycles. The first-order valence-corrected chi connectivity index (χ1v) is 9.58. The summed E-state index contributed by atoms with van der Waals surface area (Å²) >= 11 is 0. The van der Waals surface area contributed by atoms with E-state index in [-0.39, 0.29) is 0 Å². The van der Waals surface area contributed by atoms with E-state index in [1.54, 1.807) is 6.20 Å². The van der Waals surface area contributed by atoms with Gasteiger partial charge in [-0.25, -0.2) is 15.0 Å². The highest BCUT2D eigenvalue weighted by molar-refractivity contribution is 5.78. The Labute approximate surface area is 158 Å². The van der Waals surface area contributed by atoms with Gasteiger partial charge in [-0.2, -0.15) is 4.98 Å². The summed E-state index contributed by atoms with van der Waals surface area (Å²) in [5.74, 6) is 3.01. The van der Waals surface area contributed by atoms with Gasteiger partial charge in [0.15, 0.2) is 0 Å². The first-order chi connectivity index (χ1) is 13.2. The minimum atomic E-state index is 0.346. The standard InChI is InChI=1S/C19H24N8/c1-12(2)27-11-23-14-8-22-18(7-16(14)27)24-17-4-6-21-19(25-17)26-9-13-3-5-20-15(13)10-26/h4,6-8,11-13,15,20H,3,5,9-10H2,1-2H3,(H,21,22,24,25). The molecule has 2 saturated heterocycles. The van der Waals surface area contributed by atoms with Gasteiger partial charge in [0.25, 0.3) is 0 Å². The molecule has 2 unspecified atom stereocenters. The van der Waals surface area contributed by atoms with Crippen molar-refractivity contribution < 1.29 is 0 Å². The molecule has 8 nitrogen and oxygen atoms in total. The molecule has 2 fully saturated rings. The van der Waals surface area contributed by atoms with Crippen molar-refractivity contribution in [3.05, 3.63) is 30.9 Å². The Hall–Kier alpha value is -2.74. The monoisotopic (exact) mass is 364 g/mol. The van der Waals surface area contributed by atoms with Crippen molar-refractivity contribution in [2.75, 3.05) is 29.9 Å². The molecule has 140 valence electrons. The van der Waals surface area contributed by atoms with Gasteiger partial charge in [-0.3, -0.25) is 0 Å². The Morgan fingerprint density at radius 2 is 2.11 bits per heavy atom. The molecule has 0 spiro atoms. The summed E-state index contributed by atoms with van der Waals surface area (Å²) < 4.78 is 2.14. The molecule has 0 aliphatic carbocycles. The Balaban J connectivity index is 1.38. The predicted octanol–water partition coefficient (Wildman–Crippen LogP) is 2.34. The Morgan fingerprint density at radius 1 is 1.19 bits per heavy atom. The molecule has 8 heteroatoms. The number of hydrogen-bond donors (Lipinski definition) is 2. The Kier molecular flexibility index (Phi) is 3.93. The van der Waals surface area contributed by atoms with Crippen molar-refractivity contribution in [1.82, 2.24) is 29.8 Å². The smallest absolute Gasteiger partial charge is 0.227 e. The fraction of sp³-hybridized carbons (Fsp3) is 0.474. The highest BCUT2D eigenvalue weighted by atomic mass is 15.3. The minimum Gasteiger partial charge on any atom is -0.339 e. The summed E-state index contributed by atoms with van der Waals surface area (Å²) in [6.07, 6.45) is 6.71. The van der Waals surface area contributed by atoms with E-state index >= 15 is 0 Å². The molecule has 2 aliphatic heterocycles. The quantitative estimate of drug-likeness (QED) is 0.735. The van der Waals surface area contributed by atoms with E-state index in [4.69, 9.17) is 4.98 Å². The average molecular weight is 364 g/mol. The van der Waals surface area contributed by atoms with Crippen LogP contribution >= 0.6 is 0 Å². The number of fused-ring (bicyclic) bond motifs is 2. The lowest BCUT2D eigenvalue weighted by Gasteiger charge is -2.17. The maximum absolute atomic E-state index is 4.72. The van der Waals surface area contributed by atoms with Crippen molar-refractivity contribution in [2.45, 2.75) is 32.4 Å². The molecule has 27 heavy (non-hydrogen) atoms. The normalized spacial score (nSPS) is 22.0. The van der Waals surface area contributed by atoms with Crippen LogP contribution in [0.15, 0.2) is 30.9 Å². The molecule has 0 amide bonds. The highest BCUT2D eigenvalue weighted by Crippen LogP contribution is 2.28. The molecule has 0 radical (unpaired) electrons. The van der Waals surface area contributed by atoms with Crippen LogP contribution in [0.1, 0.15) is 26.3 Å². The molecule has 2 atom stereocenters. The first-order valence-electron chi connectivity index (χ1n) is 9.58. The number of pyridine rings is 1. The SMILES string of the molecule is CC(C)n1cnc2cnc(Nc3ccnc(N4CC5CCNC5C4)n3)cc21. The van der Waals surface area contributed by atoms with Crippen LogP contribution < -0.4 is 15.5 Å². The number of anilines is 3. The lowest BCUT2D eigenvalue weighted by Crippen LogP contribution is -2.30.